The van der Waals surface area contributed by atoms with Crippen LogP contribution in [0.25, 0.3) is 12.2 Å². The molecule has 4 rings (SSSR count). The van der Waals surface area contributed by atoms with Gasteiger partial charge in [-0.1, -0.05) is 57.2 Å². The number of aromatic nitrogens is 1. The summed E-state index contributed by atoms with van der Waals surface area (Å²) in [5.74, 6) is -0.842. The first-order chi connectivity index (χ1) is 16.6. The summed E-state index contributed by atoms with van der Waals surface area (Å²) in [5, 5.41) is 3.08. The Morgan fingerprint density at radius 1 is 1.17 bits per heavy atom. The van der Waals surface area contributed by atoms with Gasteiger partial charge in [0, 0.05) is 11.5 Å². The van der Waals surface area contributed by atoms with Crippen LogP contribution in [0, 0.1) is 11.2 Å². The Hall–Kier alpha value is -3.32. The van der Waals surface area contributed by atoms with Gasteiger partial charge in [0.05, 0.1) is 10.6 Å². The maximum Gasteiger partial charge on any atom is 0.269 e. The largest absolute Gasteiger partial charge is 0.348 e. The molecule has 5 nitrogen and oxygen atoms in total. The third-order valence-corrected chi connectivity index (χ3v) is 7.14. The fraction of sp³-hybridized carbons (Fsp3) is 0.321. The van der Waals surface area contributed by atoms with Gasteiger partial charge in [-0.25, -0.2) is 4.39 Å². The van der Waals surface area contributed by atoms with Crippen LogP contribution in [0.2, 0.25) is 0 Å². The van der Waals surface area contributed by atoms with Crippen LogP contribution in [0.5, 0.6) is 0 Å². The van der Waals surface area contributed by atoms with E-state index in [1.807, 2.05) is 18.2 Å². The summed E-state index contributed by atoms with van der Waals surface area (Å²) in [6.45, 7) is 5.20. The van der Waals surface area contributed by atoms with Crippen molar-refractivity contribution in [2.45, 2.75) is 52.6 Å². The second-order valence-electron chi connectivity index (χ2n) is 9.86. The molecule has 0 radical (unpaired) electrons. The molecule has 0 saturated heterocycles. The van der Waals surface area contributed by atoms with E-state index in [1.165, 1.54) is 28.3 Å². The van der Waals surface area contributed by atoms with Crippen LogP contribution in [0.15, 0.2) is 53.3 Å². The van der Waals surface area contributed by atoms with Gasteiger partial charge in [-0.15, -0.1) is 11.3 Å². The minimum atomic E-state index is -0.634. The topological polar surface area (TPSA) is 68.2 Å². The summed E-state index contributed by atoms with van der Waals surface area (Å²) in [6.07, 6.45) is 5.81. The van der Waals surface area contributed by atoms with Gasteiger partial charge in [0.2, 0.25) is 5.91 Å². The van der Waals surface area contributed by atoms with E-state index in [9.17, 15) is 18.8 Å². The quantitative estimate of drug-likeness (QED) is 0.593. The highest BCUT2D eigenvalue weighted by Gasteiger charge is 2.23. The highest BCUT2D eigenvalue weighted by molar-refractivity contribution is 7.07. The zero-order chi connectivity index (χ0) is 25.2. The highest BCUT2D eigenvalue weighted by atomic mass is 32.1. The van der Waals surface area contributed by atoms with Crippen LogP contribution in [0.3, 0.4) is 0 Å². The lowest BCUT2D eigenvalue weighted by Gasteiger charge is -2.26. The number of ketones is 1. The predicted molar refractivity (Wildman–Crippen MR) is 137 cm³/mol. The number of hydrogen-bond acceptors (Lipinski definition) is 4. The molecule has 3 aromatic rings. The predicted octanol–water partition coefficient (Wildman–Crippen LogP) is 3.47. The smallest absolute Gasteiger partial charge is 0.269 e. The van der Waals surface area contributed by atoms with Crippen molar-refractivity contribution >= 4 is 35.2 Å². The minimum Gasteiger partial charge on any atom is -0.348 e. The van der Waals surface area contributed by atoms with Crippen LogP contribution in [0.1, 0.15) is 56.3 Å². The van der Waals surface area contributed by atoms with Crippen LogP contribution < -0.4 is 20.1 Å². The van der Waals surface area contributed by atoms with Crippen molar-refractivity contribution in [2.24, 2.45) is 5.41 Å². The van der Waals surface area contributed by atoms with Gasteiger partial charge in [-0.2, -0.15) is 0 Å². The van der Waals surface area contributed by atoms with E-state index in [0.717, 1.165) is 36.2 Å². The lowest BCUT2D eigenvalue weighted by molar-refractivity contribution is -0.123. The molecule has 7 heteroatoms. The number of amides is 1. The first-order valence-electron chi connectivity index (χ1n) is 11.7. The molecule has 1 N–H and O–H groups in total. The highest BCUT2D eigenvalue weighted by Crippen LogP contribution is 2.29. The van der Waals surface area contributed by atoms with Crippen molar-refractivity contribution in [3.8, 4) is 0 Å². The fourth-order valence-corrected chi connectivity index (χ4v) is 5.20. The third-order valence-electron chi connectivity index (χ3n) is 6.08. The van der Waals surface area contributed by atoms with Crippen LogP contribution in [-0.2, 0) is 22.6 Å². The summed E-state index contributed by atoms with van der Waals surface area (Å²) in [4.78, 5) is 39.1. The summed E-state index contributed by atoms with van der Waals surface area (Å²) >= 11 is 1.12. The number of nitrogens with one attached hydrogen (secondary N) is 1. The SMILES string of the molecule is CC(C)(C)C(=O)/C=c1\s/c(=C\c2cccc(F)c2)c(=O)n1CC(=O)N[C@H]1CCCc2ccccc21. The maximum atomic E-state index is 13.7. The van der Waals surface area contributed by atoms with E-state index >= 15 is 0 Å². The molecule has 1 atom stereocenters. The first kappa shape index (κ1) is 24.8. The summed E-state index contributed by atoms with van der Waals surface area (Å²) in [6, 6.07) is 13.9. The van der Waals surface area contributed by atoms with E-state index in [1.54, 1.807) is 39.0 Å². The lowest BCUT2D eigenvalue weighted by Crippen LogP contribution is -2.40. The molecular weight excluding hydrogens is 463 g/mol. The molecule has 0 spiro atoms. The molecule has 0 fully saturated rings. The summed E-state index contributed by atoms with van der Waals surface area (Å²) in [7, 11) is 0. The normalized spacial score (nSPS) is 16.7. The van der Waals surface area contributed by atoms with Crippen molar-refractivity contribution in [1.82, 2.24) is 9.88 Å². The average Bonchev–Trinajstić information content (AvgIpc) is 3.07. The summed E-state index contributed by atoms with van der Waals surface area (Å²) in [5.41, 5.74) is 1.86. The van der Waals surface area contributed by atoms with Crippen molar-refractivity contribution in [3.63, 3.8) is 0 Å². The van der Waals surface area contributed by atoms with Gasteiger partial charge in [0.25, 0.3) is 5.56 Å². The number of Topliss-reactive ketones (excluding diaryl/α,β-unsaturated/α-hetero) is 1. The zero-order valence-corrected chi connectivity index (χ0v) is 21.0. The van der Waals surface area contributed by atoms with Gasteiger partial charge in [0.15, 0.2) is 5.78 Å². The van der Waals surface area contributed by atoms with Crippen molar-refractivity contribution < 1.29 is 14.0 Å². The molecule has 0 bridgehead atoms. The molecule has 0 aliphatic heterocycles. The minimum absolute atomic E-state index is 0.108. The first-order valence-corrected chi connectivity index (χ1v) is 12.5. The van der Waals surface area contributed by atoms with E-state index in [4.69, 9.17) is 0 Å². The number of rotatable bonds is 5. The Bertz CT molecular complexity index is 1450. The number of carbonyl (C=O) groups is 2. The molecule has 1 aliphatic rings. The number of carbonyl (C=O) groups excluding carboxylic acids is 2. The molecule has 0 unspecified atom stereocenters. The standard InChI is InChI=1S/C28H29FN2O3S/c1-28(2,3)24(32)16-26-31(27(34)23(35-26)15-18-8-6-11-20(29)14-18)17-25(33)30-22-13-7-10-19-9-4-5-12-21(19)22/h4-6,8-9,11-12,14-16,22H,7,10,13,17H2,1-3H3,(H,30,33)/b23-15-,26-16-/t22-/m0/s1. The van der Waals surface area contributed by atoms with Gasteiger partial charge < -0.3 is 5.32 Å². The molecule has 35 heavy (non-hydrogen) atoms. The number of benzene rings is 2. The average molecular weight is 493 g/mol. The molecular formula is C28H29FN2O3S. The van der Waals surface area contributed by atoms with Gasteiger partial charge in [-0.3, -0.25) is 19.0 Å². The van der Waals surface area contributed by atoms with Gasteiger partial charge in [0.1, 0.15) is 17.0 Å². The van der Waals surface area contributed by atoms with Crippen molar-refractivity contribution in [3.05, 3.63) is 90.6 Å². The second kappa shape index (κ2) is 10.1. The molecule has 1 heterocycles. The third kappa shape index (κ3) is 5.85. The number of thiazole rings is 1. The Kier molecular flexibility index (Phi) is 7.17. The van der Waals surface area contributed by atoms with E-state index in [2.05, 4.69) is 11.4 Å². The number of aryl methyl sites for hydroxylation is 1. The van der Waals surface area contributed by atoms with Crippen LogP contribution >= 0.6 is 11.3 Å². The van der Waals surface area contributed by atoms with Crippen molar-refractivity contribution in [2.75, 3.05) is 0 Å². The fourth-order valence-electron chi connectivity index (χ4n) is 4.16. The number of hydrogen-bond donors (Lipinski definition) is 1. The molecule has 2 aromatic carbocycles. The Labute approximate surface area is 207 Å². The lowest BCUT2D eigenvalue weighted by atomic mass is 9.88. The number of fused-ring (bicyclic) bond motifs is 1. The van der Waals surface area contributed by atoms with Gasteiger partial charge in [-0.05, 0) is 54.2 Å². The molecule has 0 saturated carbocycles. The number of nitrogens with zero attached hydrogens (tertiary/aromatic N) is 1. The van der Waals surface area contributed by atoms with Crippen LogP contribution in [0.4, 0.5) is 4.39 Å². The molecule has 1 aliphatic carbocycles. The Morgan fingerprint density at radius 3 is 2.69 bits per heavy atom. The Balaban J connectivity index is 1.70. The van der Waals surface area contributed by atoms with E-state index in [0.29, 0.717) is 14.8 Å². The molecule has 1 aromatic heterocycles. The molecule has 182 valence electrons. The van der Waals surface area contributed by atoms with E-state index < -0.39 is 11.2 Å². The monoisotopic (exact) mass is 492 g/mol. The number of halogens is 1. The van der Waals surface area contributed by atoms with Gasteiger partial charge >= 0.3 is 0 Å². The van der Waals surface area contributed by atoms with E-state index in [-0.39, 0.29) is 29.8 Å². The Morgan fingerprint density at radius 2 is 1.94 bits per heavy atom. The summed E-state index contributed by atoms with van der Waals surface area (Å²) < 4.78 is 15.7. The zero-order valence-electron chi connectivity index (χ0n) is 20.1. The van der Waals surface area contributed by atoms with Crippen molar-refractivity contribution in [1.29, 1.82) is 0 Å². The second-order valence-corrected chi connectivity index (χ2v) is 10.9. The molecule has 1 amide bonds. The van der Waals surface area contributed by atoms with Crippen LogP contribution in [-0.4, -0.2) is 16.3 Å². The maximum absolute atomic E-state index is 13.7.